The third-order valence-electron chi connectivity index (χ3n) is 4.01. The van der Waals surface area contributed by atoms with Gasteiger partial charge in [0.15, 0.2) is 5.75 Å². The molecule has 2 aromatic rings. The molecule has 0 bridgehead atoms. The Morgan fingerprint density at radius 1 is 1.38 bits per heavy atom. The van der Waals surface area contributed by atoms with Gasteiger partial charge in [0.05, 0.1) is 22.2 Å². The molecule has 7 heteroatoms. The highest BCUT2D eigenvalue weighted by Gasteiger charge is 2.16. The van der Waals surface area contributed by atoms with Gasteiger partial charge < -0.3 is 10.1 Å². The van der Waals surface area contributed by atoms with E-state index in [0.29, 0.717) is 12.4 Å². The fraction of sp³-hybridized carbons (Fsp3) is 0.471. The van der Waals surface area contributed by atoms with E-state index in [1.807, 2.05) is 18.3 Å². The predicted octanol–water partition coefficient (Wildman–Crippen LogP) is 3.98. The first kappa shape index (κ1) is 16.7. The van der Waals surface area contributed by atoms with E-state index in [0.717, 1.165) is 25.1 Å². The van der Waals surface area contributed by atoms with Gasteiger partial charge in [-0.2, -0.15) is 0 Å². The van der Waals surface area contributed by atoms with Crippen molar-refractivity contribution in [1.82, 2.24) is 4.98 Å². The number of hydrogen-bond acceptors (Lipinski definition) is 6. The van der Waals surface area contributed by atoms with Crippen LogP contribution < -0.4 is 10.1 Å². The molecule has 6 nitrogen and oxygen atoms in total. The number of nitro benzene ring substituents is 1. The van der Waals surface area contributed by atoms with Crippen molar-refractivity contribution in [2.45, 2.75) is 39.0 Å². The van der Waals surface area contributed by atoms with Crippen LogP contribution in [-0.2, 0) is 19.3 Å². The minimum Gasteiger partial charge on any atom is -0.487 e. The second-order valence-electron chi connectivity index (χ2n) is 5.73. The molecule has 0 radical (unpaired) electrons. The van der Waals surface area contributed by atoms with Gasteiger partial charge in [-0.05, 0) is 38.7 Å². The van der Waals surface area contributed by atoms with Crippen molar-refractivity contribution in [2.24, 2.45) is 0 Å². The van der Waals surface area contributed by atoms with Gasteiger partial charge in [0.1, 0.15) is 0 Å². The van der Waals surface area contributed by atoms with Crippen LogP contribution in [0.3, 0.4) is 0 Å². The van der Waals surface area contributed by atoms with Crippen molar-refractivity contribution in [1.29, 1.82) is 0 Å². The summed E-state index contributed by atoms with van der Waals surface area (Å²) in [6.45, 7) is 2.96. The van der Waals surface area contributed by atoms with Crippen molar-refractivity contribution >= 4 is 22.7 Å². The third kappa shape index (κ3) is 3.84. The van der Waals surface area contributed by atoms with Crippen LogP contribution in [0, 0.1) is 10.1 Å². The number of ether oxygens (including phenoxy) is 1. The molecule has 0 saturated carbocycles. The van der Waals surface area contributed by atoms with Gasteiger partial charge in [-0.15, -0.1) is 11.3 Å². The Morgan fingerprint density at radius 3 is 2.96 bits per heavy atom. The SMILES string of the molecule is CCOc1cc(NCCc2nc3c(s2)CCCC3)ccc1[N+](=O)[O-]. The van der Waals surface area contributed by atoms with Crippen molar-refractivity contribution in [3.05, 3.63) is 43.9 Å². The molecule has 0 saturated heterocycles. The van der Waals surface area contributed by atoms with Crippen LogP contribution in [0.5, 0.6) is 5.75 Å². The lowest BCUT2D eigenvalue weighted by Gasteiger charge is -2.09. The number of nitro groups is 1. The van der Waals surface area contributed by atoms with E-state index in [4.69, 9.17) is 9.72 Å². The maximum Gasteiger partial charge on any atom is 0.311 e. The van der Waals surface area contributed by atoms with Gasteiger partial charge >= 0.3 is 5.69 Å². The largest absolute Gasteiger partial charge is 0.487 e. The minimum atomic E-state index is -0.422. The first-order chi connectivity index (χ1) is 11.7. The van der Waals surface area contributed by atoms with Gasteiger partial charge in [-0.1, -0.05) is 0 Å². The molecule has 24 heavy (non-hydrogen) atoms. The fourth-order valence-electron chi connectivity index (χ4n) is 2.87. The molecule has 0 spiro atoms. The number of thiazole rings is 1. The summed E-state index contributed by atoms with van der Waals surface area (Å²) in [4.78, 5) is 16.8. The maximum atomic E-state index is 11.0. The summed E-state index contributed by atoms with van der Waals surface area (Å²) in [6, 6.07) is 4.89. The van der Waals surface area contributed by atoms with Crippen LogP contribution in [0.25, 0.3) is 0 Å². The summed E-state index contributed by atoms with van der Waals surface area (Å²) in [5.41, 5.74) is 2.11. The van der Waals surface area contributed by atoms with E-state index < -0.39 is 4.92 Å². The Balaban J connectivity index is 1.61. The second-order valence-corrected chi connectivity index (χ2v) is 6.90. The molecule has 1 aromatic heterocycles. The predicted molar refractivity (Wildman–Crippen MR) is 95.2 cm³/mol. The Kier molecular flexibility index (Phi) is 5.30. The zero-order valence-corrected chi connectivity index (χ0v) is 14.5. The molecule has 0 fully saturated rings. The van der Waals surface area contributed by atoms with Crippen LogP contribution in [0.2, 0.25) is 0 Å². The molecule has 0 aliphatic heterocycles. The Morgan fingerprint density at radius 2 is 2.21 bits per heavy atom. The number of rotatable bonds is 7. The van der Waals surface area contributed by atoms with E-state index in [1.165, 1.54) is 40.9 Å². The van der Waals surface area contributed by atoms with Gasteiger partial charge in [0.2, 0.25) is 0 Å². The van der Waals surface area contributed by atoms with E-state index in [2.05, 4.69) is 5.32 Å². The number of aromatic nitrogens is 1. The van der Waals surface area contributed by atoms with Crippen LogP contribution in [-0.4, -0.2) is 23.1 Å². The highest BCUT2D eigenvalue weighted by molar-refractivity contribution is 7.11. The van der Waals surface area contributed by atoms with Crippen LogP contribution >= 0.6 is 11.3 Å². The lowest BCUT2D eigenvalue weighted by atomic mass is 10.0. The van der Waals surface area contributed by atoms with Crippen molar-refractivity contribution in [2.75, 3.05) is 18.5 Å². The number of anilines is 1. The Bertz CT molecular complexity index is 706. The van der Waals surface area contributed by atoms with Crippen LogP contribution in [0.4, 0.5) is 11.4 Å². The fourth-order valence-corrected chi connectivity index (χ4v) is 4.03. The molecular formula is C17H21N3O3S. The van der Waals surface area contributed by atoms with Gasteiger partial charge in [0, 0.05) is 35.7 Å². The minimum absolute atomic E-state index is 0.00463. The lowest BCUT2D eigenvalue weighted by Crippen LogP contribution is -2.06. The molecule has 0 amide bonds. The van der Waals surface area contributed by atoms with Crippen LogP contribution in [0.1, 0.15) is 35.3 Å². The summed E-state index contributed by atoms with van der Waals surface area (Å²) in [5, 5.41) is 15.5. The summed E-state index contributed by atoms with van der Waals surface area (Å²) < 4.78 is 5.37. The Labute approximate surface area is 145 Å². The quantitative estimate of drug-likeness (QED) is 0.605. The smallest absolute Gasteiger partial charge is 0.311 e. The third-order valence-corrected chi connectivity index (χ3v) is 5.23. The number of hydrogen-bond donors (Lipinski definition) is 1. The topological polar surface area (TPSA) is 77.3 Å². The molecule has 1 N–H and O–H groups in total. The van der Waals surface area contributed by atoms with Crippen molar-refractivity contribution < 1.29 is 9.66 Å². The van der Waals surface area contributed by atoms with E-state index >= 15 is 0 Å². The second kappa shape index (κ2) is 7.61. The zero-order chi connectivity index (χ0) is 16.9. The zero-order valence-electron chi connectivity index (χ0n) is 13.7. The first-order valence-corrected chi connectivity index (χ1v) is 9.11. The molecule has 1 aliphatic rings. The lowest BCUT2D eigenvalue weighted by molar-refractivity contribution is -0.385. The number of nitrogens with one attached hydrogen (secondary N) is 1. The number of nitrogens with zero attached hydrogens (tertiary/aromatic N) is 2. The van der Waals surface area contributed by atoms with E-state index in [9.17, 15) is 10.1 Å². The molecule has 3 rings (SSSR count). The van der Waals surface area contributed by atoms with Gasteiger partial charge in [0.25, 0.3) is 0 Å². The molecule has 0 unspecified atom stereocenters. The highest BCUT2D eigenvalue weighted by atomic mass is 32.1. The van der Waals surface area contributed by atoms with Crippen molar-refractivity contribution in [3.8, 4) is 5.75 Å². The number of benzene rings is 1. The highest BCUT2D eigenvalue weighted by Crippen LogP contribution is 2.30. The normalized spacial score (nSPS) is 13.4. The molecular weight excluding hydrogens is 326 g/mol. The summed E-state index contributed by atoms with van der Waals surface area (Å²) in [6.07, 6.45) is 5.66. The molecule has 1 aromatic carbocycles. The average molecular weight is 347 g/mol. The molecule has 1 heterocycles. The Hall–Kier alpha value is -2.15. The van der Waals surface area contributed by atoms with Gasteiger partial charge in [-0.25, -0.2) is 4.98 Å². The summed E-state index contributed by atoms with van der Waals surface area (Å²) >= 11 is 1.82. The molecule has 0 atom stereocenters. The van der Waals surface area contributed by atoms with Crippen LogP contribution in [0.15, 0.2) is 18.2 Å². The maximum absolute atomic E-state index is 11.0. The number of aryl methyl sites for hydroxylation is 2. The summed E-state index contributed by atoms with van der Waals surface area (Å²) in [5.74, 6) is 0.303. The van der Waals surface area contributed by atoms with Crippen molar-refractivity contribution in [3.63, 3.8) is 0 Å². The standard InChI is InChI=1S/C17H21N3O3S/c1-2-23-15-11-12(7-8-14(15)20(21)22)18-10-9-17-19-13-5-3-4-6-16(13)24-17/h7-8,11,18H,2-6,9-10H2,1H3. The molecule has 1 aliphatic carbocycles. The number of fused-ring (bicyclic) bond motifs is 1. The molecule has 128 valence electrons. The average Bonchev–Trinajstić information content (AvgIpc) is 2.98. The monoisotopic (exact) mass is 347 g/mol. The summed E-state index contributed by atoms with van der Waals surface area (Å²) in [7, 11) is 0. The van der Waals surface area contributed by atoms with Gasteiger partial charge in [-0.3, -0.25) is 10.1 Å². The first-order valence-electron chi connectivity index (χ1n) is 8.30. The van der Waals surface area contributed by atoms with E-state index in [1.54, 1.807) is 12.1 Å². The van der Waals surface area contributed by atoms with E-state index in [-0.39, 0.29) is 5.69 Å².